The molecule has 0 amide bonds. The van der Waals surface area contributed by atoms with Crippen LogP contribution >= 0.6 is 15.9 Å². The van der Waals surface area contributed by atoms with Gasteiger partial charge in [-0.1, -0.05) is 0 Å². The molecule has 0 aliphatic rings. The molecule has 0 fully saturated rings. The van der Waals surface area contributed by atoms with Crippen LogP contribution in [0.4, 0.5) is 23.2 Å². The number of halogens is 5. The number of rotatable bonds is 4. The molecule has 0 radical (unpaired) electrons. The Morgan fingerprint density at radius 3 is 2.43 bits per heavy atom. The number of hydrogen-bond donors (Lipinski definition) is 2. The second kappa shape index (κ2) is 6.44. The lowest BCUT2D eigenvalue weighted by molar-refractivity contribution is 0.186. The summed E-state index contributed by atoms with van der Waals surface area (Å²) in [6, 6.07) is 4.50. The second-order valence-corrected chi connectivity index (χ2v) is 5.16. The minimum absolute atomic E-state index is 0.0397. The number of benzene rings is 2. The van der Waals surface area contributed by atoms with E-state index in [1.807, 2.05) is 0 Å². The van der Waals surface area contributed by atoms with Crippen molar-refractivity contribution in [3.05, 3.63) is 63.6 Å². The first-order valence-corrected chi connectivity index (χ1v) is 6.69. The van der Waals surface area contributed by atoms with E-state index in [1.165, 1.54) is 0 Å². The van der Waals surface area contributed by atoms with Crippen LogP contribution in [0.5, 0.6) is 0 Å². The molecule has 2 N–H and O–H groups in total. The van der Waals surface area contributed by atoms with E-state index in [4.69, 9.17) is 0 Å². The molecular weight excluding hydrogens is 354 g/mol. The van der Waals surface area contributed by atoms with Crippen molar-refractivity contribution in [3.63, 3.8) is 0 Å². The van der Waals surface area contributed by atoms with Crippen LogP contribution in [0.15, 0.2) is 34.8 Å². The lowest BCUT2D eigenvalue weighted by Crippen LogP contribution is -2.14. The molecule has 0 bridgehead atoms. The summed E-state index contributed by atoms with van der Waals surface area (Å²) < 4.78 is 53.1. The summed E-state index contributed by atoms with van der Waals surface area (Å²) in [4.78, 5) is 0. The van der Waals surface area contributed by atoms with Gasteiger partial charge in [0.2, 0.25) is 0 Å². The Hall–Kier alpha value is -1.60. The average Bonchev–Trinajstić information content (AvgIpc) is 2.43. The number of anilines is 1. The Kier molecular flexibility index (Phi) is 4.84. The highest BCUT2D eigenvalue weighted by Gasteiger charge is 2.15. The molecule has 0 saturated carbocycles. The van der Waals surface area contributed by atoms with E-state index in [0.29, 0.717) is 6.07 Å². The first-order chi connectivity index (χ1) is 9.88. The van der Waals surface area contributed by atoms with Crippen molar-refractivity contribution in [1.82, 2.24) is 0 Å². The van der Waals surface area contributed by atoms with E-state index < -0.39 is 29.4 Å². The van der Waals surface area contributed by atoms with Crippen LogP contribution in [0.1, 0.15) is 11.7 Å². The fraction of sp³-hybridized carbons (Fsp3) is 0.143. The van der Waals surface area contributed by atoms with Gasteiger partial charge in [-0.2, -0.15) is 0 Å². The highest BCUT2D eigenvalue weighted by Crippen LogP contribution is 2.25. The van der Waals surface area contributed by atoms with E-state index in [2.05, 4.69) is 21.2 Å². The van der Waals surface area contributed by atoms with Crippen LogP contribution in [0, 0.1) is 23.3 Å². The largest absolute Gasteiger partial charge is 0.386 e. The predicted molar refractivity (Wildman–Crippen MR) is 73.9 cm³/mol. The van der Waals surface area contributed by atoms with Gasteiger partial charge in [-0.3, -0.25) is 0 Å². The Morgan fingerprint density at radius 1 is 1.00 bits per heavy atom. The maximum Gasteiger partial charge on any atom is 0.149 e. The van der Waals surface area contributed by atoms with Gasteiger partial charge < -0.3 is 10.4 Å². The van der Waals surface area contributed by atoms with Crippen LogP contribution in [-0.2, 0) is 0 Å². The van der Waals surface area contributed by atoms with Crippen molar-refractivity contribution in [1.29, 1.82) is 0 Å². The zero-order chi connectivity index (χ0) is 15.6. The third kappa shape index (κ3) is 3.74. The summed E-state index contributed by atoms with van der Waals surface area (Å²) in [5, 5.41) is 12.3. The van der Waals surface area contributed by atoms with E-state index in [0.717, 1.165) is 24.3 Å². The summed E-state index contributed by atoms with van der Waals surface area (Å²) in [6.45, 7) is -0.268. The van der Waals surface area contributed by atoms with Crippen molar-refractivity contribution in [3.8, 4) is 0 Å². The normalized spacial score (nSPS) is 12.3. The highest BCUT2D eigenvalue weighted by molar-refractivity contribution is 9.10. The molecule has 0 spiro atoms. The second-order valence-electron chi connectivity index (χ2n) is 4.31. The van der Waals surface area contributed by atoms with Crippen molar-refractivity contribution in [2.75, 3.05) is 11.9 Å². The molecule has 21 heavy (non-hydrogen) atoms. The van der Waals surface area contributed by atoms with Gasteiger partial charge in [-0.25, -0.2) is 17.6 Å². The molecule has 0 aliphatic heterocycles. The van der Waals surface area contributed by atoms with Crippen molar-refractivity contribution in [2.45, 2.75) is 6.10 Å². The summed E-state index contributed by atoms with van der Waals surface area (Å²) in [6.07, 6.45) is -1.39. The smallest absolute Gasteiger partial charge is 0.149 e. The maximum atomic E-state index is 13.5. The predicted octanol–water partition coefficient (Wildman–Crippen LogP) is 4.15. The summed E-state index contributed by atoms with van der Waals surface area (Å²) >= 11 is 2.90. The molecule has 2 aromatic rings. The van der Waals surface area contributed by atoms with Gasteiger partial charge in [0, 0.05) is 18.2 Å². The number of hydrogen-bond acceptors (Lipinski definition) is 2. The molecule has 1 unspecified atom stereocenters. The first-order valence-electron chi connectivity index (χ1n) is 5.90. The van der Waals surface area contributed by atoms with E-state index in [1.54, 1.807) is 0 Å². The highest BCUT2D eigenvalue weighted by atomic mass is 79.9. The lowest BCUT2D eigenvalue weighted by atomic mass is 10.1. The van der Waals surface area contributed by atoms with Crippen LogP contribution in [0.2, 0.25) is 0 Å². The van der Waals surface area contributed by atoms with Gasteiger partial charge in [0.15, 0.2) is 0 Å². The zero-order valence-corrected chi connectivity index (χ0v) is 12.1. The molecule has 112 valence electrons. The minimum Gasteiger partial charge on any atom is -0.386 e. The van der Waals surface area contributed by atoms with Gasteiger partial charge in [0.25, 0.3) is 0 Å². The first kappa shape index (κ1) is 15.8. The third-order valence-electron chi connectivity index (χ3n) is 2.81. The Labute approximate surface area is 126 Å². The van der Waals surface area contributed by atoms with Crippen molar-refractivity contribution in [2.24, 2.45) is 0 Å². The summed E-state index contributed by atoms with van der Waals surface area (Å²) in [5.41, 5.74) is -0.316. The average molecular weight is 364 g/mol. The molecule has 0 saturated heterocycles. The minimum atomic E-state index is -1.39. The van der Waals surface area contributed by atoms with Gasteiger partial charge in [0.05, 0.1) is 16.3 Å². The Bertz CT molecular complexity index is 666. The number of aliphatic hydroxyl groups excluding tert-OH is 1. The third-order valence-corrected chi connectivity index (χ3v) is 3.42. The SMILES string of the molecule is OC(CNc1cc(Br)c(F)cc1F)c1cc(F)ccc1F. The van der Waals surface area contributed by atoms with Crippen molar-refractivity contribution < 1.29 is 22.7 Å². The topological polar surface area (TPSA) is 32.3 Å². The molecular formula is C14H10BrF4NO. The van der Waals surface area contributed by atoms with Gasteiger partial charge >= 0.3 is 0 Å². The van der Waals surface area contributed by atoms with Crippen LogP contribution in [-0.4, -0.2) is 11.7 Å². The van der Waals surface area contributed by atoms with Gasteiger partial charge in [0.1, 0.15) is 23.3 Å². The van der Waals surface area contributed by atoms with Crippen LogP contribution in [0.3, 0.4) is 0 Å². The number of nitrogens with one attached hydrogen (secondary N) is 1. The van der Waals surface area contributed by atoms with E-state index in [9.17, 15) is 22.7 Å². The molecule has 0 aromatic heterocycles. The Morgan fingerprint density at radius 2 is 1.71 bits per heavy atom. The molecule has 7 heteroatoms. The maximum absolute atomic E-state index is 13.5. The fourth-order valence-corrected chi connectivity index (χ4v) is 2.09. The zero-order valence-electron chi connectivity index (χ0n) is 10.5. The van der Waals surface area contributed by atoms with Gasteiger partial charge in [-0.15, -0.1) is 0 Å². The molecule has 2 aromatic carbocycles. The van der Waals surface area contributed by atoms with Crippen molar-refractivity contribution >= 4 is 21.6 Å². The molecule has 2 nitrogen and oxygen atoms in total. The molecule has 0 heterocycles. The monoisotopic (exact) mass is 363 g/mol. The molecule has 2 rings (SSSR count). The summed E-state index contributed by atoms with van der Waals surface area (Å²) in [5.74, 6) is -3.09. The van der Waals surface area contributed by atoms with Gasteiger partial charge in [-0.05, 0) is 40.2 Å². The summed E-state index contributed by atoms with van der Waals surface area (Å²) in [7, 11) is 0. The van der Waals surface area contributed by atoms with Crippen LogP contribution in [0.25, 0.3) is 0 Å². The molecule has 1 atom stereocenters. The van der Waals surface area contributed by atoms with E-state index >= 15 is 0 Å². The lowest BCUT2D eigenvalue weighted by Gasteiger charge is -2.15. The van der Waals surface area contributed by atoms with Crippen LogP contribution < -0.4 is 5.32 Å². The molecule has 0 aliphatic carbocycles. The standard InChI is InChI=1S/C14H10BrF4NO/c15-9-4-13(12(19)5-11(9)18)20-6-14(21)8-3-7(16)1-2-10(8)17/h1-5,14,20-21H,6H2. The quantitative estimate of drug-likeness (QED) is 0.631. The number of aliphatic hydroxyl groups is 1. The van der Waals surface area contributed by atoms with E-state index in [-0.39, 0.29) is 22.3 Å². The Balaban J connectivity index is 2.12. The fourth-order valence-electron chi connectivity index (χ4n) is 1.74.